The summed E-state index contributed by atoms with van der Waals surface area (Å²) in [4.78, 5) is 0. The molecule has 82 valence electrons. The van der Waals surface area contributed by atoms with Crippen molar-refractivity contribution in [2.75, 3.05) is 18.1 Å². The SMILES string of the molecule is CS(=O)(=O)Cc1cccc2c1CCCN2. The normalized spacial score (nSPS) is 15.5. The van der Waals surface area contributed by atoms with Gasteiger partial charge in [0.25, 0.3) is 0 Å². The van der Waals surface area contributed by atoms with E-state index in [4.69, 9.17) is 0 Å². The molecule has 0 spiro atoms. The van der Waals surface area contributed by atoms with E-state index in [1.54, 1.807) is 0 Å². The van der Waals surface area contributed by atoms with Crippen LogP contribution >= 0.6 is 0 Å². The third-order valence-electron chi connectivity index (χ3n) is 2.61. The molecule has 1 aromatic rings. The van der Waals surface area contributed by atoms with Gasteiger partial charge in [-0.15, -0.1) is 0 Å². The van der Waals surface area contributed by atoms with E-state index < -0.39 is 9.84 Å². The smallest absolute Gasteiger partial charge is 0.151 e. The highest BCUT2D eigenvalue weighted by atomic mass is 32.2. The highest BCUT2D eigenvalue weighted by molar-refractivity contribution is 7.89. The zero-order chi connectivity index (χ0) is 10.9. The van der Waals surface area contributed by atoms with E-state index in [2.05, 4.69) is 5.32 Å². The second-order valence-electron chi connectivity index (χ2n) is 4.04. The van der Waals surface area contributed by atoms with E-state index in [0.29, 0.717) is 0 Å². The molecule has 15 heavy (non-hydrogen) atoms. The lowest BCUT2D eigenvalue weighted by molar-refractivity contribution is 0.601. The van der Waals surface area contributed by atoms with Gasteiger partial charge in [-0.2, -0.15) is 0 Å². The van der Waals surface area contributed by atoms with E-state index in [0.717, 1.165) is 30.6 Å². The Hall–Kier alpha value is -1.03. The Labute approximate surface area is 90.4 Å². The van der Waals surface area contributed by atoms with Gasteiger partial charge in [0.15, 0.2) is 9.84 Å². The van der Waals surface area contributed by atoms with Crippen molar-refractivity contribution < 1.29 is 8.42 Å². The number of hydrogen-bond donors (Lipinski definition) is 1. The maximum absolute atomic E-state index is 11.3. The van der Waals surface area contributed by atoms with Crippen LogP contribution in [-0.4, -0.2) is 21.2 Å². The number of anilines is 1. The molecule has 0 fully saturated rings. The molecule has 0 radical (unpaired) electrons. The van der Waals surface area contributed by atoms with Crippen LogP contribution in [0.2, 0.25) is 0 Å². The molecule has 3 nitrogen and oxygen atoms in total. The minimum Gasteiger partial charge on any atom is -0.385 e. The second-order valence-corrected chi connectivity index (χ2v) is 6.18. The maximum Gasteiger partial charge on any atom is 0.151 e. The van der Waals surface area contributed by atoms with E-state index in [1.807, 2.05) is 18.2 Å². The summed E-state index contributed by atoms with van der Waals surface area (Å²) in [5.74, 6) is 0.151. The monoisotopic (exact) mass is 225 g/mol. The van der Waals surface area contributed by atoms with Crippen LogP contribution in [0.15, 0.2) is 18.2 Å². The van der Waals surface area contributed by atoms with Crippen LogP contribution in [0.3, 0.4) is 0 Å². The van der Waals surface area contributed by atoms with Crippen molar-refractivity contribution in [1.29, 1.82) is 0 Å². The Morgan fingerprint density at radius 1 is 1.40 bits per heavy atom. The topological polar surface area (TPSA) is 46.2 Å². The van der Waals surface area contributed by atoms with Crippen LogP contribution in [-0.2, 0) is 22.0 Å². The standard InChI is InChI=1S/C11H15NO2S/c1-15(13,14)8-9-4-2-6-11-10(9)5-3-7-12-11/h2,4,6,12H,3,5,7-8H2,1H3. The molecule has 0 atom stereocenters. The lowest BCUT2D eigenvalue weighted by Crippen LogP contribution is -2.14. The average molecular weight is 225 g/mol. The van der Waals surface area contributed by atoms with Crippen molar-refractivity contribution in [3.63, 3.8) is 0 Å². The quantitative estimate of drug-likeness (QED) is 0.831. The number of nitrogens with one attached hydrogen (secondary N) is 1. The Morgan fingerprint density at radius 2 is 2.20 bits per heavy atom. The third-order valence-corrected chi connectivity index (χ3v) is 3.45. The largest absolute Gasteiger partial charge is 0.385 e. The van der Waals surface area contributed by atoms with Crippen molar-refractivity contribution in [2.24, 2.45) is 0 Å². The molecule has 1 heterocycles. The molecule has 0 aromatic heterocycles. The van der Waals surface area contributed by atoms with Gasteiger partial charge in [-0.3, -0.25) is 0 Å². The van der Waals surface area contributed by atoms with Crippen LogP contribution in [0.25, 0.3) is 0 Å². The van der Waals surface area contributed by atoms with Gasteiger partial charge in [0.1, 0.15) is 0 Å². The molecule has 1 aliphatic heterocycles. The van der Waals surface area contributed by atoms with Crippen molar-refractivity contribution in [2.45, 2.75) is 18.6 Å². The summed E-state index contributed by atoms with van der Waals surface area (Å²) in [6.45, 7) is 0.981. The molecule has 0 aliphatic carbocycles. The summed E-state index contributed by atoms with van der Waals surface area (Å²) in [5, 5.41) is 3.29. The lowest BCUT2D eigenvalue weighted by Gasteiger charge is -2.20. The Bertz CT molecular complexity index is 465. The Kier molecular flexibility index (Phi) is 2.69. The molecule has 0 saturated carbocycles. The highest BCUT2D eigenvalue weighted by Crippen LogP contribution is 2.26. The van der Waals surface area contributed by atoms with Crippen LogP contribution in [0, 0.1) is 0 Å². The Morgan fingerprint density at radius 3 is 2.93 bits per heavy atom. The van der Waals surface area contributed by atoms with E-state index >= 15 is 0 Å². The minimum absolute atomic E-state index is 0.151. The zero-order valence-corrected chi connectivity index (χ0v) is 9.60. The molecular formula is C11H15NO2S. The maximum atomic E-state index is 11.3. The highest BCUT2D eigenvalue weighted by Gasteiger charge is 2.14. The molecule has 0 bridgehead atoms. The number of sulfone groups is 1. The number of fused-ring (bicyclic) bond motifs is 1. The first-order valence-corrected chi connectivity index (χ1v) is 7.15. The van der Waals surface area contributed by atoms with Gasteiger partial charge in [-0.25, -0.2) is 8.42 Å². The van der Waals surface area contributed by atoms with Crippen molar-refractivity contribution in [1.82, 2.24) is 0 Å². The molecule has 0 unspecified atom stereocenters. The fourth-order valence-electron chi connectivity index (χ4n) is 2.00. The fraction of sp³-hybridized carbons (Fsp3) is 0.455. The first kappa shape index (κ1) is 10.5. The molecule has 0 saturated heterocycles. The van der Waals surface area contributed by atoms with E-state index in [1.165, 1.54) is 11.8 Å². The molecule has 1 N–H and O–H groups in total. The van der Waals surface area contributed by atoms with Crippen molar-refractivity contribution in [3.05, 3.63) is 29.3 Å². The van der Waals surface area contributed by atoms with Crippen LogP contribution in [0.1, 0.15) is 17.5 Å². The number of benzene rings is 1. The van der Waals surface area contributed by atoms with E-state index in [-0.39, 0.29) is 5.75 Å². The first-order chi connectivity index (χ1) is 7.06. The Balaban J connectivity index is 2.39. The summed E-state index contributed by atoms with van der Waals surface area (Å²) in [6, 6.07) is 5.84. The van der Waals surface area contributed by atoms with Gasteiger partial charge in [0, 0.05) is 18.5 Å². The van der Waals surface area contributed by atoms with Gasteiger partial charge in [-0.1, -0.05) is 12.1 Å². The minimum atomic E-state index is -2.94. The summed E-state index contributed by atoms with van der Waals surface area (Å²) in [6.07, 6.45) is 3.34. The summed E-state index contributed by atoms with van der Waals surface area (Å²) in [7, 11) is -2.94. The van der Waals surface area contributed by atoms with Gasteiger partial charge < -0.3 is 5.32 Å². The summed E-state index contributed by atoms with van der Waals surface area (Å²) in [5.41, 5.74) is 3.22. The van der Waals surface area contributed by atoms with Gasteiger partial charge in [0.05, 0.1) is 5.75 Å². The van der Waals surface area contributed by atoms with Crippen molar-refractivity contribution in [3.8, 4) is 0 Å². The van der Waals surface area contributed by atoms with Gasteiger partial charge >= 0.3 is 0 Å². The summed E-state index contributed by atoms with van der Waals surface area (Å²) >= 11 is 0. The van der Waals surface area contributed by atoms with Gasteiger partial charge in [0.2, 0.25) is 0 Å². The average Bonchev–Trinajstić information content (AvgIpc) is 2.16. The van der Waals surface area contributed by atoms with Crippen LogP contribution in [0.4, 0.5) is 5.69 Å². The molecule has 4 heteroatoms. The predicted molar refractivity (Wildman–Crippen MR) is 61.8 cm³/mol. The summed E-state index contributed by atoms with van der Waals surface area (Å²) < 4.78 is 22.5. The van der Waals surface area contributed by atoms with E-state index in [9.17, 15) is 8.42 Å². The second kappa shape index (κ2) is 3.85. The molecular weight excluding hydrogens is 210 g/mol. The molecule has 1 aromatic carbocycles. The predicted octanol–water partition coefficient (Wildman–Crippen LogP) is 1.59. The van der Waals surface area contributed by atoms with Gasteiger partial charge in [-0.05, 0) is 30.0 Å². The number of rotatable bonds is 2. The molecule has 1 aliphatic rings. The third kappa shape index (κ3) is 2.50. The number of hydrogen-bond acceptors (Lipinski definition) is 3. The fourth-order valence-corrected chi connectivity index (χ4v) is 2.84. The lowest BCUT2D eigenvalue weighted by atomic mass is 9.99. The first-order valence-electron chi connectivity index (χ1n) is 5.08. The molecule has 0 amide bonds. The van der Waals surface area contributed by atoms with Crippen LogP contribution < -0.4 is 5.32 Å². The molecule has 2 rings (SSSR count). The van der Waals surface area contributed by atoms with Crippen molar-refractivity contribution >= 4 is 15.5 Å². The zero-order valence-electron chi connectivity index (χ0n) is 8.79. The van der Waals surface area contributed by atoms with Crippen LogP contribution in [0.5, 0.6) is 0 Å².